The van der Waals surface area contributed by atoms with Gasteiger partial charge in [0.25, 0.3) is 0 Å². The molecule has 0 aliphatic rings. The number of phenols is 1. The summed E-state index contributed by atoms with van der Waals surface area (Å²) in [6.07, 6.45) is 0.100. The average molecular weight is 420 g/mol. The highest BCUT2D eigenvalue weighted by Crippen LogP contribution is 2.27. The van der Waals surface area contributed by atoms with E-state index in [1.54, 1.807) is 56.3 Å². The molecule has 0 bridgehead atoms. The minimum Gasteiger partial charge on any atom is -0.504 e. The van der Waals surface area contributed by atoms with Crippen LogP contribution in [0.4, 0.5) is 5.82 Å². The van der Waals surface area contributed by atoms with Crippen molar-refractivity contribution in [2.45, 2.75) is 20.3 Å². The summed E-state index contributed by atoms with van der Waals surface area (Å²) in [4.78, 5) is 28.8. The van der Waals surface area contributed by atoms with E-state index in [4.69, 9.17) is 9.47 Å². The third-order valence-electron chi connectivity index (χ3n) is 4.45. The number of nitrogens with one attached hydrogen (secondary N) is 1. The van der Waals surface area contributed by atoms with E-state index in [1.165, 1.54) is 13.2 Å². The van der Waals surface area contributed by atoms with Gasteiger partial charge in [-0.25, -0.2) is 4.98 Å². The van der Waals surface area contributed by atoms with Crippen molar-refractivity contribution < 1.29 is 24.2 Å². The number of hydrogen-bond acceptors (Lipinski definition) is 6. The summed E-state index contributed by atoms with van der Waals surface area (Å²) in [6.45, 7) is 3.54. The van der Waals surface area contributed by atoms with Crippen molar-refractivity contribution in [2.75, 3.05) is 12.4 Å². The van der Waals surface area contributed by atoms with E-state index in [0.29, 0.717) is 28.6 Å². The Labute approximate surface area is 180 Å². The van der Waals surface area contributed by atoms with Gasteiger partial charge in [-0.15, -0.1) is 0 Å². The third kappa shape index (κ3) is 5.82. The van der Waals surface area contributed by atoms with Gasteiger partial charge in [-0.05, 0) is 42.0 Å². The number of methoxy groups -OCH3 is 1. The zero-order chi connectivity index (χ0) is 22.4. The third-order valence-corrected chi connectivity index (χ3v) is 4.45. The lowest BCUT2D eigenvalue weighted by Crippen LogP contribution is -2.15. The molecular formula is C24H24N2O5. The van der Waals surface area contributed by atoms with E-state index < -0.39 is 0 Å². The van der Waals surface area contributed by atoms with Crippen LogP contribution in [0.15, 0.2) is 60.7 Å². The maximum absolute atomic E-state index is 12.4. The predicted octanol–water partition coefficient (Wildman–Crippen LogP) is 4.21. The second-order valence-corrected chi connectivity index (χ2v) is 7.24. The number of esters is 1. The topological polar surface area (TPSA) is 97.8 Å². The zero-order valence-electron chi connectivity index (χ0n) is 17.6. The molecule has 2 aromatic carbocycles. The number of anilines is 1. The molecule has 0 atom stereocenters. The second-order valence-electron chi connectivity index (χ2n) is 7.24. The van der Waals surface area contributed by atoms with Crippen molar-refractivity contribution in [3.8, 4) is 28.5 Å². The Morgan fingerprint density at radius 3 is 2.58 bits per heavy atom. The molecule has 0 unspecified atom stereocenters. The summed E-state index contributed by atoms with van der Waals surface area (Å²) in [5.74, 6) is 0.375. The number of aromatic nitrogens is 1. The van der Waals surface area contributed by atoms with Crippen molar-refractivity contribution in [2.24, 2.45) is 5.92 Å². The number of carbonyl (C=O) groups is 2. The molecule has 3 aromatic rings. The lowest BCUT2D eigenvalue weighted by molar-refractivity contribution is -0.137. The van der Waals surface area contributed by atoms with Crippen LogP contribution in [0.5, 0.6) is 17.2 Å². The maximum Gasteiger partial charge on any atom is 0.313 e. The van der Waals surface area contributed by atoms with Gasteiger partial charge in [0.05, 0.1) is 25.1 Å². The van der Waals surface area contributed by atoms with Crippen LogP contribution in [-0.2, 0) is 16.0 Å². The number of carbonyl (C=O) groups excluding carboxylic acids is 2. The van der Waals surface area contributed by atoms with Crippen LogP contribution < -0.4 is 14.8 Å². The standard InChI is InChI=1S/C24H24N2O5/c1-15(2)24(29)31-18-7-4-6-17(14-18)19-8-5-9-22(25-19)26-23(28)13-16-10-11-20(27)21(12-16)30-3/h4-12,14-15,27H,13H2,1-3H3,(H,25,26,28). The van der Waals surface area contributed by atoms with Crippen molar-refractivity contribution in [3.63, 3.8) is 0 Å². The molecule has 0 saturated heterocycles. The first-order valence-electron chi connectivity index (χ1n) is 9.80. The molecule has 3 rings (SSSR count). The molecule has 1 heterocycles. The molecule has 160 valence electrons. The van der Waals surface area contributed by atoms with Crippen LogP contribution in [0, 0.1) is 5.92 Å². The van der Waals surface area contributed by atoms with Gasteiger partial charge in [0, 0.05) is 5.56 Å². The Hall–Kier alpha value is -3.87. The molecule has 7 nitrogen and oxygen atoms in total. The van der Waals surface area contributed by atoms with Gasteiger partial charge < -0.3 is 19.9 Å². The monoisotopic (exact) mass is 420 g/mol. The Morgan fingerprint density at radius 2 is 1.84 bits per heavy atom. The van der Waals surface area contributed by atoms with E-state index in [-0.39, 0.29) is 30.0 Å². The number of benzene rings is 2. The van der Waals surface area contributed by atoms with Crippen LogP contribution in [0.3, 0.4) is 0 Å². The first-order valence-corrected chi connectivity index (χ1v) is 9.80. The largest absolute Gasteiger partial charge is 0.504 e. The molecule has 31 heavy (non-hydrogen) atoms. The molecule has 0 radical (unpaired) electrons. The molecule has 0 aliphatic heterocycles. The van der Waals surface area contributed by atoms with Crippen LogP contribution in [0.1, 0.15) is 19.4 Å². The fourth-order valence-electron chi connectivity index (χ4n) is 2.82. The van der Waals surface area contributed by atoms with Gasteiger partial charge >= 0.3 is 5.97 Å². The van der Waals surface area contributed by atoms with Gasteiger partial charge in [0.1, 0.15) is 11.6 Å². The number of pyridine rings is 1. The van der Waals surface area contributed by atoms with Crippen LogP contribution >= 0.6 is 0 Å². The summed E-state index contributed by atoms with van der Waals surface area (Å²) >= 11 is 0. The fourth-order valence-corrected chi connectivity index (χ4v) is 2.82. The summed E-state index contributed by atoms with van der Waals surface area (Å²) in [5, 5.41) is 12.5. The average Bonchev–Trinajstić information content (AvgIpc) is 2.75. The van der Waals surface area contributed by atoms with E-state index in [0.717, 1.165) is 5.56 Å². The second kappa shape index (κ2) is 9.75. The molecule has 2 N–H and O–H groups in total. The fraction of sp³-hybridized carbons (Fsp3) is 0.208. The van der Waals surface area contributed by atoms with E-state index in [2.05, 4.69) is 10.3 Å². The summed E-state index contributed by atoms with van der Waals surface area (Å²) in [7, 11) is 1.45. The molecule has 0 spiro atoms. The van der Waals surface area contributed by atoms with Gasteiger partial charge in [0.2, 0.25) is 5.91 Å². The number of rotatable bonds is 7. The lowest BCUT2D eigenvalue weighted by atomic mass is 10.1. The van der Waals surface area contributed by atoms with Crippen molar-refractivity contribution in [1.82, 2.24) is 4.98 Å². The number of ether oxygens (including phenoxy) is 2. The van der Waals surface area contributed by atoms with E-state index in [1.807, 2.05) is 12.1 Å². The Morgan fingerprint density at radius 1 is 1.06 bits per heavy atom. The first-order chi connectivity index (χ1) is 14.9. The minimum atomic E-state index is -0.308. The molecule has 1 amide bonds. The highest BCUT2D eigenvalue weighted by atomic mass is 16.5. The summed E-state index contributed by atoms with van der Waals surface area (Å²) < 4.78 is 10.4. The number of amides is 1. The Bertz CT molecular complexity index is 1090. The number of hydrogen-bond donors (Lipinski definition) is 2. The molecule has 0 fully saturated rings. The maximum atomic E-state index is 12.4. The Balaban J connectivity index is 1.72. The van der Waals surface area contributed by atoms with Gasteiger partial charge in [-0.2, -0.15) is 0 Å². The van der Waals surface area contributed by atoms with E-state index >= 15 is 0 Å². The van der Waals surface area contributed by atoms with Crippen molar-refractivity contribution in [3.05, 3.63) is 66.2 Å². The number of aromatic hydroxyl groups is 1. The summed E-state index contributed by atoms with van der Waals surface area (Å²) in [5.41, 5.74) is 2.09. The first kappa shape index (κ1) is 21.8. The molecule has 1 aromatic heterocycles. The zero-order valence-corrected chi connectivity index (χ0v) is 17.6. The highest BCUT2D eigenvalue weighted by Gasteiger charge is 2.12. The van der Waals surface area contributed by atoms with Crippen LogP contribution in [0.25, 0.3) is 11.3 Å². The number of phenolic OH excluding ortho intramolecular Hbond substituents is 1. The molecule has 0 aliphatic carbocycles. The van der Waals surface area contributed by atoms with Crippen LogP contribution in [0.2, 0.25) is 0 Å². The quantitative estimate of drug-likeness (QED) is 0.439. The van der Waals surface area contributed by atoms with Gasteiger partial charge in [-0.1, -0.05) is 38.1 Å². The lowest BCUT2D eigenvalue weighted by Gasteiger charge is -2.10. The smallest absolute Gasteiger partial charge is 0.313 e. The molecule has 0 saturated carbocycles. The highest BCUT2D eigenvalue weighted by molar-refractivity contribution is 5.91. The van der Waals surface area contributed by atoms with Gasteiger partial charge in [0.15, 0.2) is 11.5 Å². The molecular weight excluding hydrogens is 396 g/mol. The van der Waals surface area contributed by atoms with Crippen LogP contribution in [-0.4, -0.2) is 29.1 Å². The number of nitrogens with zero attached hydrogens (tertiary/aromatic N) is 1. The Kier molecular flexibility index (Phi) is 6.87. The van der Waals surface area contributed by atoms with Gasteiger partial charge in [-0.3, -0.25) is 9.59 Å². The van der Waals surface area contributed by atoms with Crippen molar-refractivity contribution >= 4 is 17.7 Å². The predicted molar refractivity (Wildman–Crippen MR) is 117 cm³/mol. The van der Waals surface area contributed by atoms with Crippen molar-refractivity contribution in [1.29, 1.82) is 0 Å². The van der Waals surface area contributed by atoms with E-state index in [9.17, 15) is 14.7 Å². The SMILES string of the molecule is COc1cc(CC(=O)Nc2cccc(-c3cccc(OC(=O)C(C)C)c3)n2)ccc1O. The summed E-state index contributed by atoms with van der Waals surface area (Å²) in [6, 6.07) is 17.1. The minimum absolute atomic E-state index is 0.0160. The normalized spacial score (nSPS) is 10.6. The molecule has 7 heteroatoms.